The van der Waals surface area contributed by atoms with Gasteiger partial charge in [-0.1, -0.05) is 0 Å². The molecule has 0 aliphatic heterocycles. The molecule has 0 radical (unpaired) electrons. The van der Waals surface area contributed by atoms with Crippen LogP contribution >= 0.6 is 15.9 Å². The number of halogens is 2. The van der Waals surface area contributed by atoms with Crippen LogP contribution in [0.25, 0.3) is 0 Å². The summed E-state index contributed by atoms with van der Waals surface area (Å²) in [4.78, 5) is 14.3. The molecule has 2 rings (SSSR count). The summed E-state index contributed by atoms with van der Waals surface area (Å²) >= 11 is 3.02. The van der Waals surface area contributed by atoms with Crippen LogP contribution in [-0.4, -0.2) is 9.91 Å². The van der Waals surface area contributed by atoms with E-state index in [4.69, 9.17) is 5.84 Å². The predicted octanol–water partition coefficient (Wildman–Crippen LogP) is 2.92. The van der Waals surface area contributed by atoms with Crippen LogP contribution < -0.4 is 16.6 Å². The number of nitro groups is 1. The second kappa shape index (κ2) is 5.80. The molecule has 1 heterocycles. The molecule has 9 heteroatoms. The van der Waals surface area contributed by atoms with Gasteiger partial charge < -0.3 is 10.7 Å². The first-order valence-corrected chi connectivity index (χ1v) is 6.14. The molecule has 0 atom stereocenters. The molecule has 20 heavy (non-hydrogen) atoms. The van der Waals surface area contributed by atoms with Crippen LogP contribution in [-0.2, 0) is 0 Å². The van der Waals surface area contributed by atoms with E-state index < -0.39 is 10.7 Å². The number of hydrazine groups is 1. The van der Waals surface area contributed by atoms with Crippen molar-refractivity contribution >= 4 is 38.9 Å². The van der Waals surface area contributed by atoms with Gasteiger partial charge in [0.1, 0.15) is 11.6 Å². The molecule has 0 saturated carbocycles. The maximum absolute atomic E-state index is 13.4. The summed E-state index contributed by atoms with van der Waals surface area (Å²) in [6.45, 7) is 0. The molecular formula is C11H9BrFN5O2. The highest BCUT2D eigenvalue weighted by atomic mass is 79.9. The molecule has 0 spiro atoms. The Bertz CT molecular complexity index is 667. The van der Waals surface area contributed by atoms with Crippen LogP contribution in [0.15, 0.2) is 34.8 Å². The van der Waals surface area contributed by atoms with E-state index in [1.807, 2.05) is 0 Å². The average molecular weight is 342 g/mol. The Hall–Kier alpha value is -2.26. The molecule has 104 valence electrons. The number of anilines is 3. The standard InChI is InChI=1S/C11H9BrFN5O2/c12-7-2-1-6(5-8(7)13)15-11-9(18(19)20)3-4-10(16-11)17-14/h1-5H,14H2,(H2,15,16,17). The average Bonchev–Trinajstić information content (AvgIpc) is 2.42. The Morgan fingerprint density at radius 1 is 1.35 bits per heavy atom. The summed E-state index contributed by atoms with van der Waals surface area (Å²) in [5.74, 6) is 4.92. The minimum Gasteiger partial charge on any atom is -0.334 e. The highest BCUT2D eigenvalue weighted by Crippen LogP contribution is 2.28. The van der Waals surface area contributed by atoms with E-state index in [0.29, 0.717) is 10.2 Å². The van der Waals surface area contributed by atoms with Gasteiger partial charge in [0, 0.05) is 11.8 Å². The van der Waals surface area contributed by atoms with E-state index >= 15 is 0 Å². The number of pyridine rings is 1. The van der Waals surface area contributed by atoms with Gasteiger partial charge in [-0.2, -0.15) is 0 Å². The minimum atomic E-state index is -0.592. The van der Waals surface area contributed by atoms with Crippen molar-refractivity contribution in [3.8, 4) is 0 Å². The Balaban J connectivity index is 2.40. The number of nitrogens with one attached hydrogen (secondary N) is 2. The summed E-state index contributed by atoms with van der Waals surface area (Å²) in [5.41, 5.74) is 2.37. The first-order chi connectivity index (χ1) is 9.51. The fourth-order valence-corrected chi connectivity index (χ4v) is 1.73. The largest absolute Gasteiger partial charge is 0.334 e. The molecule has 2 aromatic rings. The number of hydrogen-bond acceptors (Lipinski definition) is 6. The van der Waals surface area contributed by atoms with E-state index in [2.05, 4.69) is 31.7 Å². The lowest BCUT2D eigenvalue weighted by Gasteiger charge is -2.08. The van der Waals surface area contributed by atoms with E-state index in [-0.39, 0.29) is 17.3 Å². The number of nitrogens with two attached hydrogens (primary N) is 1. The molecule has 0 bridgehead atoms. The number of aromatic nitrogens is 1. The third kappa shape index (κ3) is 3.00. The molecule has 0 aliphatic rings. The fourth-order valence-electron chi connectivity index (χ4n) is 1.48. The Kier molecular flexibility index (Phi) is 4.11. The number of rotatable bonds is 4. The number of nitrogen functional groups attached to an aromatic ring is 1. The van der Waals surface area contributed by atoms with Crippen molar-refractivity contribution in [1.29, 1.82) is 0 Å². The van der Waals surface area contributed by atoms with Crippen molar-refractivity contribution in [1.82, 2.24) is 4.98 Å². The lowest BCUT2D eigenvalue weighted by atomic mass is 10.3. The van der Waals surface area contributed by atoms with Crippen LogP contribution in [0.2, 0.25) is 0 Å². The van der Waals surface area contributed by atoms with Gasteiger partial charge in [-0.05, 0) is 40.2 Å². The molecule has 1 aromatic heterocycles. The monoisotopic (exact) mass is 341 g/mol. The first kappa shape index (κ1) is 14.2. The van der Waals surface area contributed by atoms with Crippen LogP contribution in [0, 0.1) is 15.9 Å². The number of benzene rings is 1. The molecule has 7 nitrogen and oxygen atoms in total. The van der Waals surface area contributed by atoms with Gasteiger partial charge in [-0.3, -0.25) is 10.1 Å². The van der Waals surface area contributed by atoms with Gasteiger partial charge in [0.05, 0.1) is 9.40 Å². The normalized spacial score (nSPS) is 10.2. The fraction of sp³-hybridized carbons (Fsp3) is 0. The van der Waals surface area contributed by atoms with E-state index in [0.717, 1.165) is 0 Å². The van der Waals surface area contributed by atoms with Gasteiger partial charge in [-0.25, -0.2) is 15.2 Å². The van der Waals surface area contributed by atoms with Crippen LogP contribution in [0.4, 0.5) is 27.4 Å². The van der Waals surface area contributed by atoms with E-state index in [1.165, 1.54) is 24.3 Å². The predicted molar refractivity (Wildman–Crippen MR) is 76.1 cm³/mol. The molecule has 0 amide bonds. The second-order valence-corrected chi connectivity index (χ2v) is 4.57. The number of hydrogen-bond donors (Lipinski definition) is 3. The van der Waals surface area contributed by atoms with Crippen molar-refractivity contribution in [2.45, 2.75) is 0 Å². The van der Waals surface area contributed by atoms with Crippen LogP contribution in [0.5, 0.6) is 0 Å². The second-order valence-electron chi connectivity index (χ2n) is 3.72. The molecule has 0 aliphatic carbocycles. The summed E-state index contributed by atoms with van der Waals surface area (Å²) in [6.07, 6.45) is 0. The third-order valence-corrected chi connectivity index (χ3v) is 3.04. The van der Waals surface area contributed by atoms with Gasteiger partial charge in [0.2, 0.25) is 5.82 Å². The minimum absolute atomic E-state index is 0.0350. The maximum Gasteiger partial charge on any atom is 0.311 e. The Morgan fingerprint density at radius 3 is 2.70 bits per heavy atom. The zero-order valence-electron chi connectivity index (χ0n) is 9.93. The number of nitrogens with zero attached hydrogens (tertiary/aromatic N) is 2. The van der Waals surface area contributed by atoms with Crippen molar-refractivity contribution in [2.75, 3.05) is 10.7 Å². The van der Waals surface area contributed by atoms with E-state index in [9.17, 15) is 14.5 Å². The molecule has 0 saturated heterocycles. The summed E-state index contributed by atoms with van der Waals surface area (Å²) in [6, 6.07) is 6.85. The maximum atomic E-state index is 13.4. The topological polar surface area (TPSA) is 106 Å². The quantitative estimate of drug-likeness (QED) is 0.448. The smallest absolute Gasteiger partial charge is 0.311 e. The summed E-state index contributed by atoms with van der Waals surface area (Å²) in [7, 11) is 0. The third-order valence-electron chi connectivity index (χ3n) is 2.40. The Labute approximate surface area is 121 Å². The highest BCUT2D eigenvalue weighted by molar-refractivity contribution is 9.10. The summed E-state index contributed by atoms with van der Waals surface area (Å²) in [5, 5.41) is 13.6. The van der Waals surface area contributed by atoms with E-state index in [1.54, 1.807) is 6.07 Å². The van der Waals surface area contributed by atoms with Gasteiger partial charge in [-0.15, -0.1) is 0 Å². The zero-order chi connectivity index (χ0) is 14.7. The van der Waals surface area contributed by atoms with Crippen molar-refractivity contribution < 1.29 is 9.31 Å². The summed E-state index contributed by atoms with van der Waals surface area (Å²) < 4.78 is 13.7. The van der Waals surface area contributed by atoms with Gasteiger partial charge >= 0.3 is 5.69 Å². The molecule has 0 unspecified atom stereocenters. The first-order valence-electron chi connectivity index (χ1n) is 5.35. The van der Waals surface area contributed by atoms with Crippen LogP contribution in [0.1, 0.15) is 0 Å². The van der Waals surface area contributed by atoms with Crippen molar-refractivity contribution in [2.24, 2.45) is 5.84 Å². The van der Waals surface area contributed by atoms with Gasteiger partial charge in [0.15, 0.2) is 0 Å². The molecule has 1 aromatic carbocycles. The molecular weight excluding hydrogens is 333 g/mol. The van der Waals surface area contributed by atoms with Crippen molar-refractivity contribution in [3.05, 3.63) is 50.7 Å². The highest BCUT2D eigenvalue weighted by Gasteiger charge is 2.16. The van der Waals surface area contributed by atoms with Crippen molar-refractivity contribution in [3.63, 3.8) is 0 Å². The van der Waals surface area contributed by atoms with Crippen LogP contribution in [0.3, 0.4) is 0 Å². The zero-order valence-corrected chi connectivity index (χ0v) is 11.5. The molecule has 4 N–H and O–H groups in total. The van der Waals surface area contributed by atoms with Gasteiger partial charge in [0.25, 0.3) is 0 Å². The lowest BCUT2D eigenvalue weighted by molar-refractivity contribution is -0.384. The SMILES string of the molecule is NNc1ccc([N+](=O)[O-])c(Nc2ccc(Br)c(F)c2)n1. The molecule has 0 fully saturated rings. The lowest BCUT2D eigenvalue weighted by Crippen LogP contribution is -2.10. The Morgan fingerprint density at radius 2 is 2.10 bits per heavy atom.